The number of nitrogens with zero attached hydrogens (tertiary/aromatic N) is 4. The van der Waals surface area contributed by atoms with Gasteiger partial charge < -0.3 is 0 Å². The molecule has 6 nitrogen and oxygen atoms in total. The highest BCUT2D eigenvalue weighted by atomic mass is 32.2. The molecule has 0 spiro atoms. The van der Waals surface area contributed by atoms with Crippen molar-refractivity contribution in [2.75, 3.05) is 33.7 Å². The van der Waals surface area contributed by atoms with E-state index < -0.39 is 10.2 Å². The summed E-state index contributed by atoms with van der Waals surface area (Å²) in [6, 6.07) is 10.1. The van der Waals surface area contributed by atoms with Crippen LogP contribution in [0.5, 0.6) is 0 Å². The van der Waals surface area contributed by atoms with Gasteiger partial charge in [-0.2, -0.15) is 22.3 Å². The maximum Gasteiger partial charge on any atom is 0.281 e. The average Bonchev–Trinajstić information content (AvgIpc) is 2.88. The van der Waals surface area contributed by atoms with Gasteiger partial charge in [-0.15, -0.1) is 0 Å². The highest BCUT2D eigenvalue weighted by Gasteiger charge is 2.39. The number of rotatable bonds is 4. The first-order valence-electron chi connectivity index (χ1n) is 8.31. The van der Waals surface area contributed by atoms with E-state index in [9.17, 15) is 8.42 Å². The van der Waals surface area contributed by atoms with Gasteiger partial charge in [-0.1, -0.05) is 12.1 Å². The molecule has 3 saturated heterocycles. The van der Waals surface area contributed by atoms with Crippen molar-refractivity contribution in [1.82, 2.24) is 13.5 Å². The van der Waals surface area contributed by atoms with E-state index in [-0.39, 0.29) is 6.04 Å². The second-order valence-electron chi connectivity index (χ2n) is 6.94. The largest absolute Gasteiger partial charge is 0.294 e. The zero-order chi connectivity index (χ0) is 17.3. The van der Waals surface area contributed by atoms with Crippen LogP contribution in [0.4, 0.5) is 0 Å². The smallest absolute Gasteiger partial charge is 0.281 e. The van der Waals surface area contributed by atoms with Gasteiger partial charge in [-0.3, -0.25) is 4.90 Å². The summed E-state index contributed by atoms with van der Waals surface area (Å²) >= 11 is 0. The molecule has 0 radical (unpaired) electrons. The van der Waals surface area contributed by atoms with Crippen LogP contribution >= 0.6 is 0 Å². The molecule has 1 aromatic rings. The van der Waals surface area contributed by atoms with Gasteiger partial charge in [0.05, 0.1) is 11.6 Å². The number of fused-ring (bicyclic) bond motifs is 4. The molecule has 24 heavy (non-hydrogen) atoms. The second-order valence-corrected chi connectivity index (χ2v) is 9.08. The number of benzene rings is 1. The number of piperidine rings is 1. The molecule has 1 aromatic carbocycles. The Kier molecular flexibility index (Phi) is 4.92. The van der Waals surface area contributed by atoms with Crippen LogP contribution in [-0.2, 0) is 16.8 Å². The Balaban J connectivity index is 1.75. The molecule has 3 heterocycles. The molecular weight excluding hydrogens is 324 g/mol. The minimum atomic E-state index is -3.35. The van der Waals surface area contributed by atoms with Crippen molar-refractivity contribution in [2.45, 2.75) is 25.4 Å². The van der Waals surface area contributed by atoms with Gasteiger partial charge in [0.15, 0.2) is 0 Å². The van der Waals surface area contributed by atoms with E-state index in [1.807, 2.05) is 24.3 Å². The molecule has 2 unspecified atom stereocenters. The van der Waals surface area contributed by atoms with E-state index in [1.165, 1.54) is 9.87 Å². The summed E-state index contributed by atoms with van der Waals surface area (Å²) in [6.45, 7) is 2.92. The summed E-state index contributed by atoms with van der Waals surface area (Å²) in [5.74, 6) is 0.386. The first-order chi connectivity index (χ1) is 11.4. The Morgan fingerprint density at radius 3 is 2.50 bits per heavy atom. The first-order valence-corrected chi connectivity index (χ1v) is 9.70. The van der Waals surface area contributed by atoms with Crippen molar-refractivity contribution in [2.24, 2.45) is 5.92 Å². The van der Waals surface area contributed by atoms with Crippen LogP contribution in [0.3, 0.4) is 0 Å². The van der Waals surface area contributed by atoms with E-state index >= 15 is 0 Å². The Morgan fingerprint density at radius 2 is 1.88 bits per heavy atom. The Labute approximate surface area is 144 Å². The summed E-state index contributed by atoms with van der Waals surface area (Å²) in [5.41, 5.74) is 1.84. The molecule has 0 saturated carbocycles. The normalized spacial score (nSPS) is 25.6. The molecule has 2 bridgehead atoms. The van der Waals surface area contributed by atoms with Crippen molar-refractivity contribution < 1.29 is 8.42 Å². The van der Waals surface area contributed by atoms with E-state index in [1.54, 1.807) is 18.4 Å². The molecule has 4 rings (SSSR count). The molecule has 3 fully saturated rings. The number of hydrogen-bond donors (Lipinski definition) is 0. The second kappa shape index (κ2) is 6.81. The predicted molar refractivity (Wildman–Crippen MR) is 92.3 cm³/mol. The minimum Gasteiger partial charge on any atom is -0.294 e. The van der Waals surface area contributed by atoms with Gasteiger partial charge in [-0.05, 0) is 36.5 Å². The van der Waals surface area contributed by atoms with Crippen LogP contribution in [0.15, 0.2) is 24.3 Å². The lowest BCUT2D eigenvalue weighted by molar-refractivity contribution is 0.125. The third-order valence-corrected chi connectivity index (χ3v) is 6.92. The fourth-order valence-corrected chi connectivity index (χ4v) is 4.89. The standard InChI is InChI=1S/C17H24N4O2S/c1-19(2)24(22,23)21-12-16-7-8-17(13-21)20(11-16)10-15-5-3-14(9-18)4-6-15/h3-6,16-17H,7-8,10-13H2,1-2H3. The Bertz CT molecular complexity index is 724. The maximum absolute atomic E-state index is 12.5. The summed E-state index contributed by atoms with van der Waals surface area (Å²) in [4.78, 5) is 2.40. The van der Waals surface area contributed by atoms with Gasteiger partial charge in [0.25, 0.3) is 10.2 Å². The molecule has 0 aromatic heterocycles. The highest BCUT2D eigenvalue weighted by Crippen LogP contribution is 2.30. The highest BCUT2D eigenvalue weighted by molar-refractivity contribution is 7.86. The van der Waals surface area contributed by atoms with Crippen molar-refractivity contribution in [3.8, 4) is 6.07 Å². The van der Waals surface area contributed by atoms with Gasteiger partial charge in [0.1, 0.15) is 0 Å². The Morgan fingerprint density at radius 1 is 1.17 bits per heavy atom. The van der Waals surface area contributed by atoms with E-state index in [2.05, 4.69) is 11.0 Å². The van der Waals surface area contributed by atoms with Crippen molar-refractivity contribution in [1.29, 1.82) is 5.26 Å². The number of nitriles is 1. The lowest BCUT2D eigenvalue weighted by atomic mass is 9.94. The fraction of sp³-hybridized carbons (Fsp3) is 0.588. The topological polar surface area (TPSA) is 67.7 Å². The van der Waals surface area contributed by atoms with Crippen LogP contribution in [-0.4, -0.2) is 61.7 Å². The zero-order valence-electron chi connectivity index (χ0n) is 14.2. The molecular formula is C17H24N4O2S. The molecule has 3 aliphatic rings. The SMILES string of the molecule is CN(C)S(=O)(=O)N1CC2CCC(C1)N(Cc1ccc(C#N)cc1)C2. The summed E-state index contributed by atoms with van der Waals surface area (Å²) in [7, 11) is -0.163. The molecule has 130 valence electrons. The van der Waals surface area contributed by atoms with Gasteiger partial charge in [0.2, 0.25) is 0 Å². The van der Waals surface area contributed by atoms with Crippen molar-refractivity contribution >= 4 is 10.2 Å². The third-order valence-electron chi connectivity index (χ3n) is 5.05. The quantitative estimate of drug-likeness (QED) is 0.822. The average molecular weight is 348 g/mol. The summed E-state index contributed by atoms with van der Waals surface area (Å²) in [6.07, 6.45) is 2.13. The maximum atomic E-state index is 12.5. The van der Waals surface area contributed by atoms with Crippen molar-refractivity contribution in [3.05, 3.63) is 35.4 Å². The monoisotopic (exact) mass is 348 g/mol. The first kappa shape index (κ1) is 17.4. The van der Waals surface area contributed by atoms with E-state index in [0.717, 1.165) is 25.9 Å². The van der Waals surface area contributed by atoms with Gasteiger partial charge in [-0.25, -0.2) is 0 Å². The Hall–Kier alpha value is -1.46. The van der Waals surface area contributed by atoms with Crippen molar-refractivity contribution in [3.63, 3.8) is 0 Å². The van der Waals surface area contributed by atoms with E-state index in [4.69, 9.17) is 5.26 Å². The summed E-state index contributed by atoms with van der Waals surface area (Å²) in [5, 5.41) is 8.90. The molecule has 0 aliphatic carbocycles. The summed E-state index contributed by atoms with van der Waals surface area (Å²) < 4.78 is 27.9. The van der Waals surface area contributed by atoms with Crippen LogP contribution in [0, 0.1) is 17.2 Å². The lowest BCUT2D eigenvalue weighted by Crippen LogP contribution is -2.45. The molecule has 0 amide bonds. The van der Waals surface area contributed by atoms with Gasteiger partial charge >= 0.3 is 0 Å². The minimum absolute atomic E-state index is 0.258. The molecule has 0 N–H and O–H groups in total. The van der Waals surface area contributed by atoms with Crippen LogP contribution in [0.25, 0.3) is 0 Å². The predicted octanol–water partition coefficient (Wildman–Crippen LogP) is 1.26. The van der Waals surface area contributed by atoms with Crippen LogP contribution in [0.2, 0.25) is 0 Å². The zero-order valence-corrected chi connectivity index (χ0v) is 15.0. The molecule has 7 heteroatoms. The van der Waals surface area contributed by atoms with Crippen LogP contribution in [0.1, 0.15) is 24.0 Å². The molecule has 3 aliphatic heterocycles. The third kappa shape index (κ3) is 3.47. The number of hydrogen-bond acceptors (Lipinski definition) is 4. The molecule has 2 atom stereocenters. The lowest BCUT2D eigenvalue weighted by Gasteiger charge is -2.36. The fourth-order valence-electron chi connectivity index (χ4n) is 3.67. The van der Waals surface area contributed by atoms with Gasteiger partial charge in [0, 0.05) is 46.3 Å². The van der Waals surface area contributed by atoms with E-state index in [0.29, 0.717) is 24.6 Å². The van der Waals surface area contributed by atoms with Crippen LogP contribution < -0.4 is 0 Å².